The summed E-state index contributed by atoms with van der Waals surface area (Å²) in [5.74, 6) is -1.16. The van der Waals surface area contributed by atoms with Crippen LogP contribution in [0.4, 0.5) is 0 Å². The summed E-state index contributed by atoms with van der Waals surface area (Å²) in [5.41, 5.74) is 5.41. The van der Waals surface area contributed by atoms with Crippen LogP contribution < -0.4 is 15.6 Å². The van der Waals surface area contributed by atoms with Crippen molar-refractivity contribution in [3.63, 3.8) is 0 Å². The molecule has 0 aliphatic heterocycles. The fourth-order valence-electron chi connectivity index (χ4n) is 2.54. The number of ketones is 1. The molecule has 0 spiro atoms. The number of hydrogen-bond donors (Lipinski definition) is 2. The summed E-state index contributed by atoms with van der Waals surface area (Å²) in [6, 6.07) is 14.9. The number of hydrazine groups is 1. The van der Waals surface area contributed by atoms with Gasteiger partial charge < -0.3 is 9.47 Å². The normalized spacial score (nSPS) is 11.1. The van der Waals surface area contributed by atoms with Crippen LogP contribution in [0.15, 0.2) is 54.6 Å². The molecule has 0 heterocycles. The Morgan fingerprint density at radius 1 is 0.867 bits per heavy atom. The van der Waals surface area contributed by atoms with Gasteiger partial charge in [-0.3, -0.25) is 30.0 Å². The SMILES string of the molecule is COc1ccc(C(=O)C(C)OC(=O)CCCC(=O)NNC(=O)c2ccccc2)cc1. The van der Waals surface area contributed by atoms with Crippen LogP contribution in [0, 0.1) is 0 Å². The van der Waals surface area contributed by atoms with Crippen LogP contribution in [-0.4, -0.2) is 36.8 Å². The van der Waals surface area contributed by atoms with E-state index in [0.717, 1.165) is 0 Å². The predicted octanol–water partition coefficient (Wildman–Crippen LogP) is 2.44. The van der Waals surface area contributed by atoms with Gasteiger partial charge in [0.1, 0.15) is 5.75 Å². The standard InChI is InChI=1S/C22H24N2O6/c1-15(21(27)16-11-13-18(29-2)14-12-16)30-20(26)10-6-9-19(25)23-24-22(28)17-7-4-3-5-8-17/h3-5,7-8,11-15H,6,9-10H2,1-2H3,(H,23,25)(H,24,28). The minimum atomic E-state index is -0.940. The van der Waals surface area contributed by atoms with Gasteiger partial charge in [-0.15, -0.1) is 0 Å². The van der Waals surface area contributed by atoms with Crippen molar-refractivity contribution in [1.29, 1.82) is 0 Å². The number of hydrogen-bond acceptors (Lipinski definition) is 6. The van der Waals surface area contributed by atoms with Crippen LogP contribution in [0.2, 0.25) is 0 Å². The fraction of sp³-hybridized carbons (Fsp3) is 0.273. The minimum Gasteiger partial charge on any atom is -0.497 e. The van der Waals surface area contributed by atoms with E-state index >= 15 is 0 Å². The van der Waals surface area contributed by atoms with Crippen molar-refractivity contribution in [3.8, 4) is 5.75 Å². The number of esters is 1. The Bertz CT molecular complexity index is 880. The topological polar surface area (TPSA) is 111 Å². The lowest BCUT2D eigenvalue weighted by Crippen LogP contribution is -2.41. The van der Waals surface area contributed by atoms with Gasteiger partial charge in [0.15, 0.2) is 6.10 Å². The van der Waals surface area contributed by atoms with Crippen molar-refractivity contribution in [2.75, 3.05) is 7.11 Å². The average molecular weight is 412 g/mol. The zero-order valence-corrected chi connectivity index (χ0v) is 16.8. The summed E-state index contributed by atoms with van der Waals surface area (Å²) in [6.45, 7) is 1.50. The van der Waals surface area contributed by atoms with Gasteiger partial charge >= 0.3 is 5.97 Å². The summed E-state index contributed by atoms with van der Waals surface area (Å²) in [5, 5.41) is 0. The molecule has 0 aliphatic rings. The van der Waals surface area contributed by atoms with Crippen molar-refractivity contribution >= 4 is 23.6 Å². The second-order valence-corrected chi connectivity index (χ2v) is 6.45. The average Bonchev–Trinajstić information content (AvgIpc) is 2.77. The first-order chi connectivity index (χ1) is 14.4. The Morgan fingerprint density at radius 2 is 1.53 bits per heavy atom. The smallest absolute Gasteiger partial charge is 0.306 e. The summed E-state index contributed by atoms with van der Waals surface area (Å²) in [4.78, 5) is 47.8. The van der Waals surface area contributed by atoms with Crippen molar-refractivity contribution in [1.82, 2.24) is 10.9 Å². The molecule has 158 valence electrons. The molecule has 2 aromatic carbocycles. The Hall–Kier alpha value is -3.68. The molecule has 0 bridgehead atoms. The molecule has 8 heteroatoms. The number of amides is 2. The molecule has 0 aromatic heterocycles. The van der Waals surface area contributed by atoms with Gasteiger partial charge in [-0.25, -0.2) is 0 Å². The van der Waals surface area contributed by atoms with Crippen LogP contribution in [0.25, 0.3) is 0 Å². The van der Waals surface area contributed by atoms with E-state index < -0.39 is 23.9 Å². The molecule has 2 N–H and O–H groups in total. The number of carbonyl (C=O) groups is 4. The minimum absolute atomic E-state index is 0.0188. The number of methoxy groups -OCH3 is 1. The van der Waals surface area contributed by atoms with E-state index in [1.54, 1.807) is 54.6 Å². The largest absolute Gasteiger partial charge is 0.497 e. The number of rotatable bonds is 9. The van der Waals surface area contributed by atoms with Crippen LogP contribution in [0.5, 0.6) is 5.75 Å². The number of Topliss-reactive ketones (excluding diaryl/α,β-unsaturated/α-hetero) is 1. The summed E-state index contributed by atoms with van der Waals surface area (Å²) >= 11 is 0. The van der Waals surface area contributed by atoms with Crippen LogP contribution in [0.1, 0.15) is 46.9 Å². The lowest BCUT2D eigenvalue weighted by Gasteiger charge is -2.12. The molecule has 0 aliphatic carbocycles. The van der Waals surface area contributed by atoms with E-state index in [-0.39, 0.29) is 25.0 Å². The third-order valence-electron chi connectivity index (χ3n) is 4.19. The molecule has 2 amide bonds. The van der Waals surface area contributed by atoms with Gasteiger partial charge in [-0.1, -0.05) is 18.2 Å². The third kappa shape index (κ3) is 7.05. The second kappa shape index (κ2) is 11.4. The highest BCUT2D eigenvalue weighted by Gasteiger charge is 2.19. The van der Waals surface area contributed by atoms with Gasteiger partial charge in [-0.05, 0) is 49.7 Å². The first-order valence-corrected chi connectivity index (χ1v) is 9.42. The van der Waals surface area contributed by atoms with Gasteiger partial charge in [0, 0.05) is 24.0 Å². The van der Waals surface area contributed by atoms with Gasteiger partial charge in [0.2, 0.25) is 11.7 Å². The number of benzene rings is 2. The number of nitrogens with one attached hydrogen (secondary N) is 2. The van der Waals surface area contributed by atoms with E-state index in [0.29, 0.717) is 16.9 Å². The zero-order chi connectivity index (χ0) is 21.9. The highest BCUT2D eigenvalue weighted by Crippen LogP contribution is 2.14. The molecular weight excluding hydrogens is 388 g/mol. The van der Waals surface area contributed by atoms with Crippen LogP contribution in [0.3, 0.4) is 0 Å². The molecule has 8 nitrogen and oxygen atoms in total. The lowest BCUT2D eigenvalue weighted by molar-refractivity contribution is -0.146. The van der Waals surface area contributed by atoms with E-state index in [1.807, 2.05) is 0 Å². The number of ether oxygens (including phenoxy) is 2. The first kappa shape index (κ1) is 22.6. The monoisotopic (exact) mass is 412 g/mol. The van der Waals surface area contributed by atoms with Crippen molar-refractivity contribution in [3.05, 3.63) is 65.7 Å². The highest BCUT2D eigenvalue weighted by molar-refractivity contribution is 6.00. The molecule has 2 aromatic rings. The van der Waals surface area contributed by atoms with E-state index in [1.165, 1.54) is 14.0 Å². The summed E-state index contributed by atoms with van der Waals surface area (Å²) in [6.07, 6.45) is -0.731. The maximum Gasteiger partial charge on any atom is 0.306 e. The molecule has 2 rings (SSSR count). The van der Waals surface area contributed by atoms with E-state index in [9.17, 15) is 19.2 Å². The van der Waals surface area contributed by atoms with Gasteiger partial charge in [0.05, 0.1) is 7.11 Å². The molecule has 0 fully saturated rings. The predicted molar refractivity (Wildman–Crippen MR) is 109 cm³/mol. The second-order valence-electron chi connectivity index (χ2n) is 6.45. The quantitative estimate of drug-likeness (QED) is 0.372. The van der Waals surface area contributed by atoms with E-state index in [2.05, 4.69) is 10.9 Å². The van der Waals surface area contributed by atoms with Crippen LogP contribution >= 0.6 is 0 Å². The van der Waals surface area contributed by atoms with Gasteiger partial charge in [-0.2, -0.15) is 0 Å². The third-order valence-corrected chi connectivity index (χ3v) is 4.19. The first-order valence-electron chi connectivity index (χ1n) is 9.42. The molecule has 0 saturated carbocycles. The fourth-order valence-corrected chi connectivity index (χ4v) is 2.54. The molecule has 1 atom stereocenters. The summed E-state index contributed by atoms with van der Waals surface area (Å²) in [7, 11) is 1.53. The Labute approximate surface area is 174 Å². The maximum absolute atomic E-state index is 12.3. The molecule has 0 saturated heterocycles. The van der Waals surface area contributed by atoms with Crippen molar-refractivity contribution < 1.29 is 28.7 Å². The van der Waals surface area contributed by atoms with E-state index in [4.69, 9.17) is 9.47 Å². The summed E-state index contributed by atoms with van der Waals surface area (Å²) < 4.78 is 10.2. The van der Waals surface area contributed by atoms with Crippen LogP contribution in [-0.2, 0) is 14.3 Å². The molecule has 0 radical (unpaired) electrons. The zero-order valence-electron chi connectivity index (χ0n) is 16.8. The highest BCUT2D eigenvalue weighted by atomic mass is 16.5. The molecular formula is C22H24N2O6. The lowest BCUT2D eigenvalue weighted by atomic mass is 10.1. The Morgan fingerprint density at radius 3 is 2.17 bits per heavy atom. The maximum atomic E-state index is 12.3. The Kier molecular flexibility index (Phi) is 8.56. The molecule has 30 heavy (non-hydrogen) atoms. The van der Waals surface area contributed by atoms with Gasteiger partial charge in [0.25, 0.3) is 5.91 Å². The van der Waals surface area contributed by atoms with Crippen molar-refractivity contribution in [2.45, 2.75) is 32.3 Å². The van der Waals surface area contributed by atoms with Crippen molar-refractivity contribution in [2.24, 2.45) is 0 Å². The Balaban J connectivity index is 1.67. The number of carbonyl (C=O) groups excluding carboxylic acids is 4. The molecule has 1 unspecified atom stereocenters.